The maximum Gasteiger partial charge on any atom is 0.231 e. The van der Waals surface area contributed by atoms with Crippen LogP contribution in [0.3, 0.4) is 0 Å². The molecule has 0 bridgehead atoms. The molecule has 1 amide bonds. The second-order valence-corrected chi connectivity index (χ2v) is 7.07. The van der Waals surface area contributed by atoms with E-state index in [9.17, 15) is 4.79 Å². The van der Waals surface area contributed by atoms with E-state index in [4.69, 9.17) is 9.47 Å². The first-order valence-electron chi connectivity index (χ1n) is 8.40. The van der Waals surface area contributed by atoms with Crippen LogP contribution in [0, 0.1) is 0 Å². The number of rotatable bonds is 5. The van der Waals surface area contributed by atoms with Crippen LogP contribution in [0.1, 0.15) is 24.0 Å². The molecule has 1 heterocycles. The molecule has 0 atom stereocenters. The van der Waals surface area contributed by atoms with Crippen molar-refractivity contribution in [2.75, 3.05) is 20.3 Å². The first-order chi connectivity index (χ1) is 12.2. The Kier molecular flexibility index (Phi) is 5.76. The van der Waals surface area contributed by atoms with Crippen molar-refractivity contribution in [3.8, 4) is 5.75 Å². The summed E-state index contributed by atoms with van der Waals surface area (Å²) in [4.78, 5) is 13.1. The molecule has 5 heteroatoms. The van der Waals surface area contributed by atoms with Crippen LogP contribution in [-0.4, -0.2) is 26.2 Å². The molecule has 3 rings (SSSR count). The largest absolute Gasteiger partial charge is 0.496 e. The Bertz CT molecular complexity index is 727. The second-order valence-electron chi connectivity index (χ2n) is 6.21. The quantitative estimate of drug-likeness (QED) is 0.824. The van der Waals surface area contributed by atoms with Crippen molar-refractivity contribution in [1.82, 2.24) is 5.32 Å². The molecule has 4 nitrogen and oxygen atoms in total. The highest BCUT2D eigenvalue weighted by atomic mass is 79.9. The summed E-state index contributed by atoms with van der Waals surface area (Å²) in [5, 5.41) is 3.12. The Morgan fingerprint density at radius 1 is 1.20 bits per heavy atom. The van der Waals surface area contributed by atoms with Crippen LogP contribution in [0.15, 0.2) is 53.0 Å². The lowest BCUT2D eigenvalue weighted by molar-refractivity contribution is -0.130. The number of hydrogen-bond donors (Lipinski definition) is 1. The molecular weight excluding hydrogens is 382 g/mol. The van der Waals surface area contributed by atoms with Crippen molar-refractivity contribution in [3.05, 3.63) is 64.1 Å². The lowest BCUT2D eigenvalue weighted by atomic mass is 9.73. The van der Waals surface area contributed by atoms with Gasteiger partial charge in [-0.1, -0.05) is 36.4 Å². The van der Waals surface area contributed by atoms with E-state index in [0.29, 0.717) is 32.6 Å². The molecule has 2 aromatic rings. The average molecular weight is 404 g/mol. The van der Waals surface area contributed by atoms with Gasteiger partial charge in [0.15, 0.2) is 0 Å². The summed E-state index contributed by atoms with van der Waals surface area (Å²) in [5.41, 5.74) is 1.58. The Balaban J connectivity index is 1.76. The summed E-state index contributed by atoms with van der Waals surface area (Å²) in [7, 11) is 1.64. The summed E-state index contributed by atoms with van der Waals surface area (Å²) in [5.74, 6) is 0.842. The number of ether oxygens (including phenoxy) is 2. The Morgan fingerprint density at radius 2 is 1.92 bits per heavy atom. The number of carbonyl (C=O) groups is 1. The van der Waals surface area contributed by atoms with E-state index in [-0.39, 0.29) is 5.91 Å². The molecule has 132 valence electrons. The van der Waals surface area contributed by atoms with Crippen LogP contribution in [0.25, 0.3) is 0 Å². The molecule has 25 heavy (non-hydrogen) atoms. The smallest absolute Gasteiger partial charge is 0.231 e. The van der Waals surface area contributed by atoms with Crippen LogP contribution in [0.5, 0.6) is 5.75 Å². The summed E-state index contributed by atoms with van der Waals surface area (Å²) in [6.45, 7) is 1.70. The third-order valence-corrected chi connectivity index (χ3v) is 5.40. The SMILES string of the molecule is COc1ccc(CNC(=O)C2(c3ccccc3)CCOCC2)cc1Br. The van der Waals surface area contributed by atoms with Crippen molar-refractivity contribution >= 4 is 21.8 Å². The standard InChI is InChI=1S/C20H22BrNO3/c1-24-18-8-7-15(13-17(18)21)14-22-19(23)20(9-11-25-12-10-20)16-5-3-2-4-6-16/h2-8,13H,9-12,14H2,1H3,(H,22,23). The highest BCUT2D eigenvalue weighted by Crippen LogP contribution is 2.35. The molecule has 1 saturated heterocycles. The zero-order chi connectivity index (χ0) is 17.7. The summed E-state index contributed by atoms with van der Waals surface area (Å²) < 4.78 is 11.6. The summed E-state index contributed by atoms with van der Waals surface area (Å²) >= 11 is 3.48. The van der Waals surface area contributed by atoms with Gasteiger partial charge in [-0.15, -0.1) is 0 Å². The maximum atomic E-state index is 13.1. The van der Waals surface area contributed by atoms with E-state index in [2.05, 4.69) is 21.2 Å². The molecule has 1 aliphatic rings. The van der Waals surface area contributed by atoms with Gasteiger partial charge in [-0.05, 0) is 52.0 Å². The molecule has 0 aromatic heterocycles. The van der Waals surface area contributed by atoms with E-state index in [1.807, 2.05) is 48.5 Å². The lowest BCUT2D eigenvalue weighted by Gasteiger charge is -2.36. The molecule has 0 unspecified atom stereocenters. The van der Waals surface area contributed by atoms with E-state index < -0.39 is 5.41 Å². The Morgan fingerprint density at radius 3 is 2.56 bits per heavy atom. The molecule has 0 spiro atoms. The van der Waals surface area contributed by atoms with E-state index in [1.54, 1.807) is 7.11 Å². The Hall–Kier alpha value is -1.85. The van der Waals surface area contributed by atoms with Gasteiger partial charge in [0, 0.05) is 19.8 Å². The van der Waals surface area contributed by atoms with Gasteiger partial charge < -0.3 is 14.8 Å². The molecule has 0 aliphatic carbocycles. The topological polar surface area (TPSA) is 47.6 Å². The van der Waals surface area contributed by atoms with Crippen LogP contribution in [0.2, 0.25) is 0 Å². The monoisotopic (exact) mass is 403 g/mol. The first-order valence-corrected chi connectivity index (χ1v) is 9.19. The Labute approximate surface area is 156 Å². The predicted octanol–water partition coefficient (Wildman–Crippen LogP) is 3.82. The fourth-order valence-corrected chi connectivity index (χ4v) is 3.88. The highest BCUT2D eigenvalue weighted by Gasteiger charge is 2.41. The number of amides is 1. The zero-order valence-corrected chi connectivity index (χ0v) is 15.8. The van der Waals surface area contributed by atoms with Gasteiger partial charge in [0.2, 0.25) is 5.91 Å². The zero-order valence-electron chi connectivity index (χ0n) is 14.3. The normalized spacial score (nSPS) is 16.2. The van der Waals surface area contributed by atoms with Gasteiger partial charge in [0.05, 0.1) is 17.0 Å². The van der Waals surface area contributed by atoms with Gasteiger partial charge in [0.1, 0.15) is 5.75 Å². The van der Waals surface area contributed by atoms with Gasteiger partial charge in [-0.25, -0.2) is 0 Å². The number of benzene rings is 2. The van der Waals surface area contributed by atoms with Crippen LogP contribution in [0.4, 0.5) is 0 Å². The first kappa shape index (κ1) is 18.0. The molecule has 0 saturated carbocycles. The minimum Gasteiger partial charge on any atom is -0.496 e. The van der Waals surface area contributed by atoms with Gasteiger partial charge >= 0.3 is 0 Å². The highest BCUT2D eigenvalue weighted by molar-refractivity contribution is 9.10. The number of hydrogen-bond acceptors (Lipinski definition) is 3. The molecule has 1 N–H and O–H groups in total. The molecular formula is C20H22BrNO3. The van der Waals surface area contributed by atoms with Gasteiger partial charge in [0.25, 0.3) is 0 Å². The fourth-order valence-electron chi connectivity index (χ4n) is 3.30. The van der Waals surface area contributed by atoms with Gasteiger partial charge in [-0.2, -0.15) is 0 Å². The predicted molar refractivity (Wildman–Crippen MR) is 101 cm³/mol. The number of carbonyl (C=O) groups excluding carboxylic acids is 1. The molecule has 1 aliphatic heterocycles. The van der Waals surface area contributed by atoms with Crippen LogP contribution >= 0.6 is 15.9 Å². The van der Waals surface area contributed by atoms with Crippen LogP contribution in [-0.2, 0) is 21.5 Å². The maximum absolute atomic E-state index is 13.1. The number of halogens is 1. The van der Waals surface area contributed by atoms with Crippen molar-refractivity contribution in [2.24, 2.45) is 0 Å². The summed E-state index contributed by atoms with van der Waals surface area (Å²) in [6, 6.07) is 15.8. The molecule has 0 radical (unpaired) electrons. The third-order valence-electron chi connectivity index (χ3n) is 4.78. The minimum atomic E-state index is -0.511. The number of methoxy groups -OCH3 is 1. The van der Waals surface area contributed by atoms with E-state index in [1.165, 1.54) is 0 Å². The lowest BCUT2D eigenvalue weighted by Crippen LogP contribution is -2.47. The van der Waals surface area contributed by atoms with Crippen LogP contribution < -0.4 is 10.1 Å². The van der Waals surface area contributed by atoms with Crippen molar-refractivity contribution in [3.63, 3.8) is 0 Å². The van der Waals surface area contributed by atoms with Crippen molar-refractivity contribution < 1.29 is 14.3 Å². The van der Waals surface area contributed by atoms with E-state index in [0.717, 1.165) is 21.3 Å². The summed E-state index contributed by atoms with van der Waals surface area (Å²) in [6.07, 6.45) is 1.41. The van der Waals surface area contributed by atoms with E-state index >= 15 is 0 Å². The fraction of sp³-hybridized carbons (Fsp3) is 0.350. The third kappa shape index (κ3) is 3.88. The number of nitrogens with one attached hydrogen (secondary N) is 1. The minimum absolute atomic E-state index is 0.0638. The van der Waals surface area contributed by atoms with Crippen molar-refractivity contribution in [2.45, 2.75) is 24.8 Å². The average Bonchev–Trinajstić information content (AvgIpc) is 2.67. The van der Waals surface area contributed by atoms with Gasteiger partial charge in [-0.3, -0.25) is 4.79 Å². The second kappa shape index (κ2) is 8.02. The molecule has 2 aromatic carbocycles. The molecule has 1 fully saturated rings. The van der Waals surface area contributed by atoms with Crippen molar-refractivity contribution in [1.29, 1.82) is 0 Å².